The predicted molar refractivity (Wildman–Crippen MR) is 134 cm³/mol. The number of aryl methyl sites for hydroxylation is 1. The third-order valence-corrected chi connectivity index (χ3v) is 5.91. The van der Waals surface area contributed by atoms with E-state index in [0.717, 1.165) is 16.8 Å². The molecule has 0 atom stereocenters. The molecule has 5 aromatic rings. The molecule has 0 radical (unpaired) electrons. The first-order valence-electron chi connectivity index (χ1n) is 11.1. The molecule has 0 fully saturated rings. The lowest BCUT2D eigenvalue weighted by Gasteiger charge is -2.07. The van der Waals surface area contributed by atoms with Gasteiger partial charge in [0, 0.05) is 23.7 Å². The summed E-state index contributed by atoms with van der Waals surface area (Å²) < 4.78 is 9.05. The Bertz CT molecular complexity index is 1560. The van der Waals surface area contributed by atoms with Crippen molar-refractivity contribution in [2.24, 2.45) is 7.05 Å². The molecule has 0 aliphatic rings. The summed E-state index contributed by atoms with van der Waals surface area (Å²) in [6.07, 6.45) is 0. The van der Waals surface area contributed by atoms with Gasteiger partial charge in [0.25, 0.3) is 11.5 Å². The van der Waals surface area contributed by atoms with Gasteiger partial charge in [-0.3, -0.25) is 14.3 Å². The minimum absolute atomic E-state index is 0.241. The first-order valence-corrected chi connectivity index (χ1v) is 11.1. The van der Waals surface area contributed by atoms with Crippen LogP contribution in [0.1, 0.15) is 21.6 Å². The Morgan fingerprint density at radius 3 is 2.00 bits per heavy atom. The third kappa shape index (κ3) is 4.17. The summed E-state index contributed by atoms with van der Waals surface area (Å²) >= 11 is 0. The number of anilines is 1. The van der Waals surface area contributed by atoms with Crippen molar-refractivity contribution in [3.05, 3.63) is 106 Å². The maximum Gasteiger partial charge on any atom is 0.295 e. The molecule has 8 heteroatoms. The second-order valence-electron chi connectivity index (χ2n) is 8.25. The molecule has 0 bridgehead atoms. The Labute approximate surface area is 201 Å². The Hall–Kier alpha value is -4.72. The molecule has 1 N–H and O–H groups in total. The van der Waals surface area contributed by atoms with Crippen LogP contribution >= 0.6 is 0 Å². The molecule has 1 amide bonds. The van der Waals surface area contributed by atoms with E-state index in [9.17, 15) is 9.59 Å². The summed E-state index contributed by atoms with van der Waals surface area (Å²) in [5.41, 5.74) is 4.39. The Kier molecular flexibility index (Phi) is 5.62. The number of rotatable bonds is 5. The van der Waals surface area contributed by atoms with Crippen molar-refractivity contribution < 1.29 is 9.21 Å². The molecule has 35 heavy (non-hydrogen) atoms. The fourth-order valence-corrected chi connectivity index (χ4v) is 3.81. The summed E-state index contributed by atoms with van der Waals surface area (Å²) in [5, 5.41) is 11.0. The minimum atomic E-state index is -0.381. The number of nitrogens with one attached hydrogen (secondary N) is 1. The van der Waals surface area contributed by atoms with E-state index < -0.39 is 0 Å². The molecule has 0 saturated heterocycles. The molecular weight excluding hydrogens is 442 g/mol. The number of para-hydroxylation sites is 1. The van der Waals surface area contributed by atoms with E-state index in [-0.39, 0.29) is 17.2 Å². The van der Waals surface area contributed by atoms with Crippen molar-refractivity contribution >= 4 is 11.6 Å². The number of nitrogens with zero attached hydrogens (tertiary/aromatic N) is 4. The maximum atomic E-state index is 13.1. The van der Waals surface area contributed by atoms with Crippen molar-refractivity contribution in [1.29, 1.82) is 0 Å². The summed E-state index contributed by atoms with van der Waals surface area (Å²) in [6.45, 7) is 3.81. The monoisotopic (exact) mass is 465 g/mol. The predicted octanol–water partition coefficient (Wildman–Crippen LogP) is 4.76. The molecule has 3 aromatic carbocycles. The van der Waals surface area contributed by atoms with Crippen LogP contribution in [-0.2, 0) is 7.05 Å². The molecular formula is C27H23N5O3. The van der Waals surface area contributed by atoms with Gasteiger partial charge in [-0.25, -0.2) is 4.68 Å². The third-order valence-electron chi connectivity index (χ3n) is 5.91. The second kappa shape index (κ2) is 8.90. The molecule has 0 aliphatic heterocycles. The Morgan fingerprint density at radius 2 is 1.40 bits per heavy atom. The molecule has 2 heterocycles. The van der Waals surface area contributed by atoms with E-state index in [4.69, 9.17) is 4.42 Å². The normalized spacial score (nSPS) is 10.9. The van der Waals surface area contributed by atoms with Gasteiger partial charge in [-0.05, 0) is 62.4 Å². The SMILES string of the molecule is Cc1ccc(-c2nnc(-c3ccc(C(=O)Nc4c(C)n(C)n(-c5ccccc5)c4=O)cc3)o2)cc1. The summed E-state index contributed by atoms with van der Waals surface area (Å²) in [6, 6.07) is 23.9. The van der Waals surface area contributed by atoms with Crippen molar-refractivity contribution in [2.45, 2.75) is 13.8 Å². The van der Waals surface area contributed by atoms with Crippen LogP contribution in [0.25, 0.3) is 28.6 Å². The summed E-state index contributed by atoms with van der Waals surface area (Å²) in [7, 11) is 1.78. The van der Waals surface area contributed by atoms with Gasteiger partial charge in [0.05, 0.1) is 11.4 Å². The number of carbonyl (C=O) groups excluding carboxylic acids is 1. The molecule has 0 spiro atoms. The number of hydrogen-bond acceptors (Lipinski definition) is 5. The lowest BCUT2D eigenvalue weighted by molar-refractivity contribution is 0.102. The van der Waals surface area contributed by atoms with Crippen LogP contribution < -0.4 is 10.9 Å². The van der Waals surface area contributed by atoms with Crippen LogP contribution in [0, 0.1) is 13.8 Å². The van der Waals surface area contributed by atoms with Gasteiger partial charge in [-0.1, -0.05) is 35.9 Å². The number of aromatic nitrogens is 4. The van der Waals surface area contributed by atoms with Crippen molar-refractivity contribution in [2.75, 3.05) is 5.32 Å². The van der Waals surface area contributed by atoms with Crippen LogP contribution in [0.15, 0.2) is 88.1 Å². The Morgan fingerprint density at radius 1 is 0.829 bits per heavy atom. The highest BCUT2D eigenvalue weighted by Crippen LogP contribution is 2.24. The minimum Gasteiger partial charge on any atom is -0.416 e. The zero-order valence-electron chi connectivity index (χ0n) is 19.5. The molecule has 0 saturated carbocycles. The van der Waals surface area contributed by atoms with E-state index >= 15 is 0 Å². The summed E-state index contributed by atoms with van der Waals surface area (Å²) in [5.74, 6) is 0.404. The topological polar surface area (TPSA) is 95.0 Å². The summed E-state index contributed by atoms with van der Waals surface area (Å²) in [4.78, 5) is 26.0. The molecule has 0 unspecified atom stereocenters. The maximum absolute atomic E-state index is 13.1. The van der Waals surface area contributed by atoms with Gasteiger partial charge in [0.2, 0.25) is 11.8 Å². The molecule has 0 aliphatic carbocycles. The second-order valence-corrected chi connectivity index (χ2v) is 8.25. The van der Waals surface area contributed by atoms with Crippen LogP contribution in [0.3, 0.4) is 0 Å². The zero-order valence-corrected chi connectivity index (χ0v) is 19.5. The fourth-order valence-electron chi connectivity index (χ4n) is 3.81. The average molecular weight is 466 g/mol. The lowest BCUT2D eigenvalue weighted by atomic mass is 10.1. The van der Waals surface area contributed by atoms with E-state index in [1.54, 1.807) is 42.9 Å². The van der Waals surface area contributed by atoms with Gasteiger partial charge in [0.15, 0.2) is 0 Å². The highest BCUT2D eigenvalue weighted by atomic mass is 16.4. The van der Waals surface area contributed by atoms with Crippen LogP contribution in [0.4, 0.5) is 5.69 Å². The van der Waals surface area contributed by atoms with Gasteiger partial charge in [-0.2, -0.15) is 0 Å². The van der Waals surface area contributed by atoms with Crippen molar-refractivity contribution in [1.82, 2.24) is 19.6 Å². The van der Waals surface area contributed by atoms with Gasteiger partial charge < -0.3 is 9.73 Å². The van der Waals surface area contributed by atoms with Gasteiger partial charge in [0.1, 0.15) is 5.69 Å². The lowest BCUT2D eigenvalue weighted by Crippen LogP contribution is -2.22. The van der Waals surface area contributed by atoms with E-state index in [0.29, 0.717) is 28.6 Å². The number of hydrogen-bond donors (Lipinski definition) is 1. The number of amides is 1. The van der Waals surface area contributed by atoms with Gasteiger partial charge >= 0.3 is 0 Å². The smallest absolute Gasteiger partial charge is 0.295 e. The standard InChI is InChI=1S/C27H23N5O3/c1-17-9-11-20(12-10-17)25-29-30-26(35-25)21-15-13-19(14-16-21)24(33)28-23-18(2)31(3)32(27(23)34)22-7-5-4-6-8-22/h4-16H,1-3H3,(H,28,33). The van der Waals surface area contributed by atoms with Crippen LogP contribution in [0.2, 0.25) is 0 Å². The first-order chi connectivity index (χ1) is 16.9. The molecule has 174 valence electrons. The molecule has 2 aromatic heterocycles. The molecule has 5 rings (SSSR count). The zero-order chi connectivity index (χ0) is 24.5. The largest absolute Gasteiger partial charge is 0.416 e. The van der Waals surface area contributed by atoms with E-state index in [2.05, 4.69) is 15.5 Å². The van der Waals surface area contributed by atoms with Crippen molar-refractivity contribution in [3.8, 4) is 28.6 Å². The highest BCUT2D eigenvalue weighted by molar-refractivity contribution is 6.04. The average Bonchev–Trinajstić information content (AvgIpc) is 3.45. The van der Waals surface area contributed by atoms with E-state index in [1.165, 1.54) is 4.68 Å². The van der Waals surface area contributed by atoms with Crippen molar-refractivity contribution in [3.63, 3.8) is 0 Å². The first kappa shape index (κ1) is 22.1. The van der Waals surface area contributed by atoms with Crippen LogP contribution in [0.5, 0.6) is 0 Å². The quantitative estimate of drug-likeness (QED) is 0.404. The van der Waals surface area contributed by atoms with Crippen LogP contribution in [-0.4, -0.2) is 25.5 Å². The number of benzene rings is 3. The Balaban J connectivity index is 1.36. The van der Waals surface area contributed by atoms with Gasteiger partial charge in [-0.15, -0.1) is 10.2 Å². The van der Waals surface area contributed by atoms with E-state index in [1.807, 2.05) is 61.5 Å². The number of carbonyl (C=O) groups is 1. The highest BCUT2D eigenvalue weighted by Gasteiger charge is 2.19. The fraction of sp³-hybridized carbons (Fsp3) is 0.111. The molecule has 8 nitrogen and oxygen atoms in total.